The molecule has 0 aromatic heterocycles. The molecule has 0 bridgehead atoms. The van der Waals surface area contributed by atoms with Gasteiger partial charge in [0.1, 0.15) is 0 Å². The van der Waals surface area contributed by atoms with E-state index >= 15 is 0 Å². The van der Waals surface area contributed by atoms with Gasteiger partial charge in [-0.3, -0.25) is 10.1 Å². The quantitative estimate of drug-likeness (QED) is 0.851. The summed E-state index contributed by atoms with van der Waals surface area (Å²) in [6.07, 6.45) is 0. The summed E-state index contributed by atoms with van der Waals surface area (Å²) in [6.45, 7) is 7.72. The van der Waals surface area contributed by atoms with Crippen LogP contribution in [-0.2, 0) is 4.79 Å². The van der Waals surface area contributed by atoms with Crippen LogP contribution in [0, 0.1) is 11.3 Å². The SMILES string of the molecule is CC(C)NC(=O)C(C)NC(C)c1ccc(C#N)cc1. The molecule has 19 heavy (non-hydrogen) atoms. The Morgan fingerprint density at radius 3 is 2.21 bits per heavy atom. The van der Waals surface area contributed by atoms with Crippen LogP contribution in [0.5, 0.6) is 0 Å². The molecule has 0 saturated carbocycles. The highest BCUT2D eigenvalue weighted by molar-refractivity contribution is 5.81. The van der Waals surface area contributed by atoms with E-state index in [-0.39, 0.29) is 24.0 Å². The Kier molecular flexibility index (Phi) is 5.53. The van der Waals surface area contributed by atoms with E-state index in [0.29, 0.717) is 5.56 Å². The number of benzene rings is 1. The third-order valence-electron chi connectivity index (χ3n) is 2.86. The second kappa shape index (κ2) is 6.91. The lowest BCUT2D eigenvalue weighted by Crippen LogP contribution is -2.45. The fraction of sp³-hybridized carbons (Fsp3) is 0.467. The van der Waals surface area contributed by atoms with Crippen LogP contribution in [0.2, 0.25) is 0 Å². The van der Waals surface area contributed by atoms with Crippen LogP contribution in [-0.4, -0.2) is 18.0 Å². The molecule has 0 fully saturated rings. The van der Waals surface area contributed by atoms with Gasteiger partial charge in [0, 0.05) is 12.1 Å². The van der Waals surface area contributed by atoms with Gasteiger partial charge in [-0.25, -0.2) is 0 Å². The lowest BCUT2D eigenvalue weighted by molar-refractivity contribution is -0.123. The maximum Gasteiger partial charge on any atom is 0.237 e. The molecule has 0 spiro atoms. The highest BCUT2D eigenvalue weighted by atomic mass is 16.2. The maximum atomic E-state index is 11.8. The standard InChI is InChI=1S/C15H21N3O/c1-10(2)17-15(19)12(4)18-11(3)14-7-5-13(9-16)6-8-14/h5-8,10-12,18H,1-4H3,(H,17,19). The molecule has 1 rings (SSSR count). The fourth-order valence-corrected chi connectivity index (χ4v) is 1.80. The fourth-order valence-electron chi connectivity index (χ4n) is 1.80. The van der Waals surface area contributed by atoms with Crippen LogP contribution in [0.25, 0.3) is 0 Å². The Morgan fingerprint density at radius 2 is 1.74 bits per heavy atom. The van der Waals surface area contributed by atoms with Crippen molar-refractivity contribution in [2.24, 2.45) is 0 Å². The van der Waals surface area contributed by atoms with Gasteiger partial charge in [-0.05, 0) is 45.4 Å². The summed E-state index contributed by atoms with van der Waals surface area (Å²) in [7, 11) is 0. The summed E-state index contributed by atoms with van der Waals surface area (Å²) in [5, 5.41) is 14.9. The normalized spacial score (nSPS) is 13.7. The number of nitriles is 1. The van der Waals surface area contributed by atoms with Crippen molar-refractivity contribution < 1.29 is 4.79 Å². The van der Waals surface area contributed by atoms with Crippen LogP contribution >= 0.6 is 0 Å². The van der Waals surface area contributed by atoms with Crippen LogP contribution in [0.4, 0.5) is 0 Å². The minimum Gasteiger partial charge on any atom is -0.353 e. The van der Waals surface area contributed by atoms with Crippen molar-refractivity contribution in [1.82, 2.24) is 10.6 Å². The van der Waals surface area contributed by atoms with E-state index in [4.69, 9.17) is 5.26 Å². The maximum absolute atomic E-state index is 11.8. The number of amides is 1. The molecule has 2 atom stereocenters. The molecule has 0 aliphatic carbocycles. The van der Waals surface area contributed by atoms with Crippen LogP contribution < -0.4 is 10.6 Å². The minimum absolute atomic E-state index is 0.00417. The van der Waals surface area contributed by atoms with Gasteiger partial charge in [0.05, 0.1) is 17.7 Å². The predicted molar refractivity (Wildman–Crippen MR) is 75.4 cm³/mol. The van der Waals surface area contributed by atoms with Crippen molar-refractivity contribution in [2.75, 3.05) is 0 Å². The molecular weight excluding hydrogens is 238 g/mol. The van der Waals surface area contributed by atoms with Gasteiger partial charge in [-0.1, -0.05) is 12.1 Å². The second-order valence-corrected chi connectivity index (χ2v) is 5.01. The summed E-state index contributed by atoms with van der Waals surface area (Å²) in [5.41, 5.74) is 1.70. The molecule has 0 radical (unpaired) electrons. The molecule has 4 heteroatoms. The minimum atomic E-state index is -0.256. The van der Waals surface area contributed by atoms with E-state index in [1.807, 2.05) is 39.8 Å². The lowest BCUT2D eigenvalue weighted by atomic mass is 10.1. The average Bonchev–Trinajstić information content (AvgIpc) is 2.37. The topological polar surface area (TPSA) is 64.9 Å². The molecule has 0 saturated heterocycles. The van der Waals surface area contributed by atoms with E-state index < -0.39 is 0 Å². The van der Waals surface area contributed by atoms with Gasteiger partial charge in [-0.15, -0.1) is 0 Å². The van der Waals surface area contributed by atoms with Crippen LogP contribution in [0.3, 0.4) is 0 Å². The molecule has 0 heterocycles. The molecule has 0 aliphatic rings. The smallest absolute Gasteiger partial charge is 0.237 e. The monoisotopic (exact) mass is 259 g/mol. The molecule has 1 aromatic carbocycles. The average molecular weight is 259 g/mol. The van der Waals surface area contributed by atoms with Gasteiger partial charge < -0.3 is 5.32 Å². The predicted octanol–water partition coefficient (Wildman–Crippen LogP) is 2.12. The lowest BCUT2D eigenvalue weighted by Gasteiger charge is -2.21. The number of hydrogen-bond donors (Lipinski definition) is 2. The third-order valence-corrected chi connectivity index (χ3v) is 2.86. The number of rotatable bonds is 5. The van der Waals surface area contributed by atoms with Gasteiger partial charge in [0.25, 0.3) is 0 Å². The summed E-state index contributed by atoms with van der Waals surface area (Å²) < 4.78 is 0. The highest BCUT2D eigenvalue weighted by Crippen LogP contribution is 2.13. The van der Waals surface area contributed by atoms with E-state index in [2.05, 4.69) is 16.7 Å². The van der Waals surface area contributed by atoms with Crippen molar-refractivity contribution in [2.45, 2.75) is 45.8 Å². The van der Waals surface area contributed by atoms with Gasteiger partial charge >= 0.3 is 0 Å². The molecule has 1 aromatic rings. The van der Waals surface area contributed by atoms with Crippen molar-refractivity contribution in [3.05, 3.63) is 35.4 Å². The Labute approximate surface area is 114 Å². The number of nitrogens with one attached hydrogen (secondary N) is 2. The molecule has 1 amide bonds. The van der Waals surface area contributed by atoms with Gasteiger partial charge in [0.2, 0.25) is 5.91 Å². The van der Waals surface area contributed by atoms with E-state index in [1.54, 1.807) is 12.1 Å². The number of nitrogens with zero attached hydrogens (tertiary/aromatic N) is 1. The van der Waals surface area contributed by atoms with E-state index in [1.165, 1.54) is 0 Å². The van der Waals surface area contributed by atoms with Gasteiger partial charge in [0.15, 0.2) is 0 Å². The van der Waals surface area contributed by atoms with Crippen LogP contribution in [0.1, 0.15) is 44.9 Å². The van der Waals surface area contributed by atoms with E-state index in [0.717, 1.165) is 5.56 Å². The third kappa shape index (κ3) is 4.72. The zero-order valence-electron chi connectivity index (χ0n) is 11.9. The number of carbonyl (C=O) groups excluding carboxylic acids is 1. The summed E-state index contributed by atoms with van der Waals surface area (Å²) >= 11 is 0. The van der Waals surface area contributed by atoms with Crippen LogP contribution in [0.15, 0.2) is 24.3 Å². The Bertz CT molecular complexity index is 459. The van der Waals surface area contributed by atoms with Crippen molar-refractivity contribution in [1.29, 1.82) is 5.26 Å². The largest absolute Gasteiger partial charge is 0.353 e. The Morgan fingerprint density at radius 1 is 1.16 bits per heavy atom. The zero-order valence-corrected chi connectivity index (χ0v) is 11.9. The highest BCUT2D eigenvalue weighted by Gasteiger charge is 2.16. The van der Waals surface area contributed by atoms with Crippen molar-refractivity contribution in [3.8, 4) is 6.07 Å². The molecule has 102 valence electrons. The summed E-state index contributed by atoms with van der Waals surface area (Å²) in [4.78, 5) is 11.8. The number of hydrogen-bond acceptors (Lipinski definition) is 3. The molecule has 2 unspecified atom stereocenters. The Balaban J connectivity index is 2.60. The first-order valence-corrected chi connectivity index (χ1v) is 6.50. The van der Waals surface area contributed by atoms with Crippen molar-refractivity contribution in [3.63, 3.8) is 0 Å². The molecule has 0 aliphatic heterocycles. The van der Waals surface area contributed by atoms with E-state index in [9.17, 15) is 4.79 Å². The first kappa shape index (κ1) is 15.2. The molecule has 2 N–H and O–H groups in total. The second-order valence-electron chi connectivity index (χ2n) is 5.01. The summed E-state index contributed by atoms with van der Waals surface area (Å²) in [5.74, 6) is -0.00417. The molecular formula is C15H21N3O. The Hall–Kier alpha value is -1.86. The number of carbonyl (C=O) groups is 1. The molecule has 4 nitrogen and oxygen atoms in total. The van der Waals surface area contributed by atoms with Crippen molar-refractivity contribution >= 4 is 5.91 Å². The zero-order chi connectivity index (χ0) is 14.4. The first-order valence-electron chi connectivity index (χ1n) is 6.50. The first-order chi connectivity index (χ1) is 8.93. The van der Waals surface area contributed by atoms with Gasteiger partial charge in [-0.2, -0.15) is 5.26 Å². The summed E-state index contributed by atoms with van der Waals surface area (Å²) in [6, 6.07) is 9.41.